The van der Waals surface area contributed by atoms with Crippen molar-refractivity contribution in [2.75, 3.05) is 0 Å². The molecule has 0 spiro atoms. The maximum Gasteiger partial charge on any atom is 0.113 e. The Morgan fingerprint density at radius 1 is 1.20 bits per heavy atom. The summed E-state index contributed by atoms with van der Waals surface area (Å²) in [6.45, 7) is 11.2. The Labute approximate surface area is 95.5 Å². The second kappa shape index (κ2) is 4.43. The molecule has 0 heterocycles. The second-order valence-electron chi connectivity index (χ2n) is 5.57. The SMILES string of the molecule is [B]c1cc(C)c(CC(C)(C)C)c(CC)c1. The third-order valence-electron chi connectivity index (χ3n) is 2.68. The van der Waals surface area contributed by atoms with Crippen molar-refractivity contribution in [1.82, 2.24) is 0 Å². The van der Waals surface area contributed by atoms with Crippen molar-refractivity contribution in [2.45, 2.75) is 47.5 Å². The van der Waals surface area contributed by atoms with Crippen LogP contribution in [-0.2, 0) is 12.8 Å². The molecule has 0 aliphatic rings. The number of benzene rings is 1. The average Bonchev–Trinajstić information content (AvgIpc) is 2.07. The van der Waals surface area contributed by atoms with Gasteiger partial charge in [-0.1, -0.05) is 45.3 Å². The van der Waals surface area contributed by atoms with Gasteiger partial charge in [-0.25, -0.2) is 0 Å². The van der Waals surface area contributed by atoms with E-state index in [1.165, 1.54) is 16.7 Å². The van der Waals surface area contributed by atoms with Gasteiger partial charge < -0.3 is 0 Å². The van der Waals surface area contributed by atoms with Crippen molar-refractivity contribution in [3.05, 3.63) is 28.8 Å². The molecule has 0 N–H and O–H groups in total. The summed E-state index contributed by atoms with van der Waals surface area (Å²) in [5.41, 5.74) is 5.45. The molecule has 0 unspecified atom stereocenters. The summed E-state index contributed by atoms with van der Waals surface area (Å²) in [6.07, 6.45) is 2.19. The lowest BCUT2D eigenvalue weighted by molar-refractivity contribution is 0.409. The van der Waals surface area contributed by atoms with E-state index in [2.05, 4.69) is 46.8 Å². The van der Waals surface area contributed by atoms with Gasteiger partial charge in [0.25, 0.3) is 0 Å². The minimum atomic E-state index is 0.338. The normalized spacial score (nSPS) is 11.8. The quantitative estimate of drug-likeness (QED) is 0.644. The topological polar surface area (TPSA) is 0 Å². The maximum atomic E-state index is 5.87. The van der Waals surface area contributed by atoms with Crippen LogP contribution in [0.15, 0.2) is 12.1 Å². The third kappa shape index (κ3) is 3.41. The number of hydrogen-bond donors (Lipinski definition) is 0. The molecule has 15 heavy (non-hydrogen) atoms. The standard InChI is InChI=1S/C14H21B/c1-6-11-8-12(15)7-10(2)13(11)9-14(3,4)5/h7-8H,6,9H2,1-5H3. The first-order valence-corrected chi connectivity index (χ1v) is 5.71. The van der Waals surface area contributed by atoms with Crippen LogP contribution in [0.5, 0.6) is 0 Å². The molecule has 2 radical (unpaired) electrons. The molecule has 0 amide bonds. The molecular formula is C14H21B. The summed E-state index contributed by atoms with van der Waals surface area (Å²) >= 11 is 0. The van der Waals surface area contributed by atoms with Gasteiger partial charge in [0.2, 0.25) is 0 Å². The Balaban J connectivity index is 3.15. The Hall–Kier alpha value is -0.715. The van der Waals surface area contributed by atoms with Crippen LogP contribution >= 0.6 is 0 Å². The predicted octanol–water partition coefficient (Wildman–Crippen LogP) is 2.94. The molecule has 80 valence electrons. The van der Waals surface area contributed by atoms with Crippen molar-refractivity contribution < 1.29 is 0 Å². The number of rotatable bonds is 2. The molecule has 0 bridgehead atoms. The molecule has 0 atom stereocenters. The molecule has 0 nitrogen and oxygen atoms in total. The third-order valence-corrected chi connectivity index (χ3v) is 2.68. The van der Waals surface area contributed by atoms with Crippen LogP contribution in [-0.4, -0.2) is 7.85 Å². The minimum absolute atomic E-state index is 0.338. The summed E-state index contributed by atoms with van der Waals surface area (Å²) in [5.74, 6) is 0. The van der Waals surface area contributed by atoms with Gasteiger partial charge in [-0.05, 0) is 41.9 Å². The Morgan fingerprint density at radius 3 is 2.27 bits per heavy atom. The molecule has 0 aromatic heterocycles. The summed E-state index contributed by atoms with van der Waals surface area (Å²) in [5, 5.41) is 0. The largest absolute Gasteiger partial charge is 0.113 e. The van der Waals surface area contributed by atoms with Gasteiger partial charge in [0, 0.05) is 0 Å². The van der Waals surface area contributed by atoms with Gasteiger partial charge in [0.05, 0.1) is 0 Å². The van der Waals surface area contributed by atoms with E-state index < -0.39 is 0 Å². The number of aryl methyl sites for hydroxylation is 2. The molecule has 1 rings (SSSR count). The van der Waals surface area contributed by atoms with Crippen LogP contribution in [0, 0.1) is 12.3 Å². The van der Waals surface area contributed by atoms with Crippen molar-refractivity contribution in [1.29, 1.82) is 0 Å². The molecule has 0 fully saturated rings. The molecule has 1 aromatic carbocycles. The maximum absolute atomic E-state index is 5.87. The van der Waals surface area contributed by atoms with E-state index in [-0.39, 0.29) is 0 Å². The van der Waals surface area contributed by atoms with Gasteiger partial charge >= 0.3 is 0 Å². The van der Waals surface area contributed by atoms with Crippen molar-refractivity contribution >= 4 is 13.3 Å². The average molecular weight is 200 g/mol. The fourth-order valence-electron chi connectivity index (χ4n) is 2.02. The van der Waals surface area contributed by atoms with E-state index in [1.807, 2.05) is 0 Å². The van der Waals surface area contributed by atoms with E-state index in [4.69, 9.17) is 7.85 Å². The Morgan fingerprint density at radius 2 is 1.80 bits per heavy atom. The lowest BCUT2D eigenvalue weighted by Crippen LogP contribution is -2.15. The lowest BCUT2D eigenvalue weighted by Gasteiger charge is -2.22. The van der Waals surface area contributed by atoms with Crippen molar-refractivity contribution in [2.24, 2.45) is 5.41 Å². The van der Waals surface area contributed by atoms with Gasteiger partial charge in [0.1, 0.15) is 7.85 Å². The van der Waals surface area contributed by atoms with Gasteiger partial charge in [-0.2, -0.15) is 0 Å². The van der Waals surface area contributed by atoms with Crippen LogP contribution in [0.1, 0.15) is 44.4 Å². The summed E-state index contributed by atoms with van der Waals surface area (Å²) < 4.78 is 0. The highest BCUT2D eigenvalue weighted by molar-refractivity contribution is 6.32. The van der Waals surface area contributed by atoms with E-state index in [1.54, 1.807) is 0 Å². The lowest BCUT2D eigenvalue weighted by atomic mass is 9.81. The Kier molecular flexibility index (Phi) is 3.65. The van der Waals surface area contributed by atoms with Crippen LogP contribution < -0.4 is 5.46 Å². The van der Waals surface area contributed by atoms with E-state index in [0.29, 0.717) is 5.41 Å². The fraction of sp³-hybridized carbons (Fsp3) is 0.571. The van der Waals surface area contributed by atoms with Gasteiger partial charge in [0.15, 0.2) is 0 Å². The monoisotopic (exact) mass is 200 g/mol. The predicted molar refractivity (Wildman–Crippen MR) is 69.1 cm³/mol. The van der Waals surface area contributed by atoms with Crippen LogP contribution in [0.2, 0.25) is 0 Å². The van der Waals surface area contributed by atoms with Gasteiger partial charge in [-0.15, -0.1) is 0 Å². The van der Waals surface area contributed by atoms with E-state index in [9.17, 15) is 0 Å². The zero-order valence-corrected chi connectivity index (χ0v) is 10.6. The van der Waals surface area contributed by atoms with Crippen molar-refractivity contribution in [3.8, 4) is 0 Å². The highest BCUT2D eigenvalue weighted by Crippen LogP contribution is 2.25. The molecule has 0 saturated heterocycles. The molecule has 0 saturated carbocycles. The first-order valence-electron chi connectivity index (χ1n) is 5.71. The zero-order valence-electron chi connectivity index (χ0n) is 10.6. The Bertz CT molecular complexity index is 345. The van der Waals surface area contributed by atoms with E-state index in [0.717, 1.165) is 18.3 Å². The zero-order chi connectivity index (χ0) is 11.6. The highest BCUT2D eigenvalue weighted by Gasteiger charge is 2.15. The summed E-state index contributed by atoms with van der Waals surface area (Å²) in [6, 6.07) is 4.20. The second-order valence-corrected chi connectivity index (χ2v) is 5.57. The highest BCUT2D eigenvalue weighted by atomic mass is 14.2. The van der Waals surface area contributed by atoms with E-state index >= 15 is 0 Å². The van der Waals surface area contributed by atoms with Crippen LogP contribution in [0.3, 0.4) is 0 Å². The van der Waals surface area contributed by atoms with Crippen LogP contribution in [0.4, 0.5) is 0 Å². The molecule has 0 aliphatic heterocycles. The smallest absolute Gasteiger partial charge is 0.0961 e. The van der Waals surface area contributed by atoms with Gasteiger partial charge in [-0.3, -0.25) is 0 Å². The van der Waals surface area contributed by atoms with Crippen LogP contribution in [0.25, 0.3) is 0 Å². The minimum Gasteiger partial charge on any atom is -0.0961 e. The molecule has 0 aliphatic carbocycles. The molecule has 1 heteroatoms. The molecular weight excluding hydrogens is 179 g/mol. The summed E-state index contributed by atoms with van der Waals surface area (Å²) in [7, 11) is 5.87. The first-order chi connectivity index (χ1) is 6.83. The van der Waals surface area contributed by atoms with Crippen molar-refractivity contribution in [3.63, 3.8) is 0 Å². The molecule has 1 aromatic rings. The fourth-order valence-corrected chi connectivity index (χ4v) is 2.02. The summed E-state index contributed by atoms with van der Waals surface area (Å²) in [4.78, 5) is 0. The first kappa shape index (κ1) is 12.4. The number of hydrogen-bond acceptors (Lipinski definition) is 0.